The van der Waals surface area contributed by atoms with Crippen LogP contribution in [0.1, 0.15) is 37.3 Å². The molecule has 0 aromatic heterocycles. The van der Waals surface area contributed by atoms with Crippen molar-refractivity contribution in [3.63, 3.8) is 0 Å². The van der Waals surface area contributed by atoms with Gasteiger partial charge in [0.15, 0.2) is 5.96 Å². The van der Waals surface area contributed by atoms with Crippen molar-refractivity contribution in [2.24, 2.45) is 4.99 Å². The van der Waals surface area contributed by atoms with Crippen molar-refractivity contribution in [3.05, 3.63) is 65.7 Å². The molecule has 1 aliphatic heterocycles. The van der Waals surface area contributed by atoms with Crippen LogP contribution in [0.5, 0.6) is 0 Å². The van der Waals surface area contributed by atoms with Crippen LogP contribution in [0, 0.1) is 0 Å². The Kier molecular flexibility index (Phi) is 12.6. The molecule has 0 spiro atoms. The predicted octanol–water partition coefficient (Wildman–Crippen LogP) is 3.84. The minimum Gasteiger partial charge on any atom is -0.393 e. The van der Waals surface area contributed by atoms with E-state index in [1.165, 1.54) is 16.8 Å². The first-order chi connectivity index (χ1) is 15.7. The lowest BCUT2D eigenvalue weighted by molar-refractivity contribution is 0.0792. The van der Waals surface area contributed by atoms with Crippen LogP contribution in [0.3, 0.4) is 0 Å². The molecule has 1 aliphatic rings. The number of aliphatic hydroxyl groups is 1. The number of piperidine rings is 1. The molecule has 2 aromatic rings. The van der Waals surface area contributed by atoms with Crippen molar-refractivity contribution in [1.29, 1.82) is 0 Å². The highest BCUT2D eigenvalue weighted by atomic mass is 127. The number of aliphatic hydroxyl groups excluding tert-OH is 1. The fourth-order valence-electron chi connectivity index (χ4n) is 4.09. The number of rotatable bonds is 10. The Balaban J connectivity index is 0.00000385. The number of benzene rings is 2. The van der Waals surface area contributed by atoms with E-state index >= 15 is 0 Å². The third-order valence-electron chi connectivity index (χ3n) is 6.07. The van der Waals surface area contributed by atoms with E-state index in [4.69, 9.17) is 0 Å². The summed E-state index contributed by atoms with van der Waals surface area (Å²) in [5.41, 5.74) is 3.84. The second kappa shape index (κ2) is 15.1. The normalized spacial score (nSPS) is 15.1. The van der Waals surface area contributed by atoms with Crippen LogP contribution < -0.4 is 15.5 Å². The van der Waals surface area contributed by atoms with Crippen LogP contribution in [0.25, 0.3) is 0 Å². The molecule has 1 heterocycles. The molecule has 3 rings (SSSR count). The summed E-state index contributed by atoms with van der Waals surface area (Å²) in [6.07, 6.45) is 2.71. The minimum atomic E-state index is -0.114. The van der Waals surface area contributed by atoms with Crippen molar-refractivity contribution in [1.82, 2.24) is 15.5 Å². The average Bonchev–Trinajstić information content (AvgIpc) is 2.84. The Bertz CT molecular complexity index is 807. The number of likely N-dealkylation sites (tertiary alicyclic amines) is 1. The molecule has 0 radical (unpaired) electrons. The fraction of sp³-hybridized carbons (Fsp3) is 0.500. The van der Waals surface area contributed by atoms with Gasteiger partial charge in [-0.1, -0.05) is 42.5 Å². The van der Waals surface area contributed by atoms with Gasteiger partial charge >= 0.3 is 0 Å². The molecule has 0 atom stereocenters. The number of para-hydroxylation sites is 1. The highest BCUT2D eigenvalue weighted by molar-refractivity contribution is 14.0. The fourth-order valence-corrected chi connectivity index (χ4v) is 4.09. The smallest absolute Gasteiger partial charge is 0.191 e. The lowest BCUT2D eigenvalue weighted by Gasteiger charge is -2.29. The van der Waals surface area contributed by atoms with Gasteiger partial charge in [-0.05, 0) is 49.4 Å². The van der Waals surface area contributed by atoms with Crippen LogP contribution in [0.4, 0.5) is 5.69 Å². The topological polar surface area (TPSA) is 63.1 Å². The zero-order valence-corrected chi connectivity index (χ0v) is 22.4. The second-order valence-electron chi connectivity index (χ2n) is 8.45. The summed E-state index contributed by atoms with van der Waals surface area (Å²) >= 11 is 0. The summed E-state index contributed by atoms with van der Waals surface area (Å²) in [5, 5.41) is 16.5. The Labute approximate surface area is 216 Å². The number of halogens is 1. The van der Waals surface area contributed by atoms with Crippen molar-refractivity contribution < 1.29 is 5.11 Å². The first kappa shape index (κ1) is 27.4. The third kappa shape index (κ3) is 9.51. The molecule has 33 heavy (non-hydrogen) atoms. The average molecular weight is 566 g/mol. The van der Waals surface area contributed by atoms with Crippen molar-refractivity contribution in [2.45, 2.75) is 45.4 Å². The SMILES string of the molecule is CCN(CCCNC(=NC)NCc1ccc(CN2CCC(O)CC2)cc1)c1ccccc1.I. The second-order valence-corrected chi connectivity index (χ2v) is 8.45. The van der Waals surface area contributed by atoms with Gasteiger partial charge in [0.2, 0.25) is 0 Å². The molecular weight excluding hydrogens is 525 g/mol. The number of nitrogens with zero attached hydrogens (tertiary/aromatic N) is 3. The number of aliphatic imine (C=N–C) groups is 1. The summed E-state index contributed by atoms with van der Waals surface area (Å²) in [4.78, 5) is 9.17. The van der Waals surface area contributed by atoms with Gasteiger partial charge < -0.3 is 20.6 Å². The van der Waals surface area contributed by atoms with Gasteiger partial charge in [0, 0.05) is 58.5 Å². The lowest BCUT2D eigenvalue weighted by atomic mass is 10.1. The van der Waals surface area contributed by atoms with Gasteiger partial charge in [0.05, 0.1) is 6.10 Å². The van der Waals surface area contributed by atoms with Gasteiger partial charge in [-0.15, -0.1) is 24.0 Å². The summed E-state index contributed by atoms with van der Waals surface area (Å²) in [7, 11) is 1.82. The first-order valence-electron chi connectivity index (χ1n) is 11.9. The maximum Gasteiger partial charge on any atom is 0.191 e. The van der Waals surface area contributed by atoms with Gasteiger partial charge in [-0.25, -0.2) is 0 Å². The zero-order valence-electron chi connectivity index (χ0n) is 20.0. The summed E-state index contributed by atoms with van der Waals surface area (Å²) in [5.74, 6) is 0.837. The molecule has 0 amide bonds. The maximum atomic E-state index is 9.65. The van der Waals surface area contributed by atoms with E-state index in [1.54, 1.807) is 0 Å². The Morgan fingerprint density at radius 3 is 2.33 bits per heavy atom. The van der Waals surface area contributed by atoms with Crippen LogP contribution in [0.2, 0.25) is 0 Å². The van der Waals surface area contributed by atoms with E-state index in [2.05, 4.69) is 86.9 Å². The van der Waals surface area contributed by atoms with Crippen LogP contribution in [-0.2, 0) is 13.1 Å². The van der Waals surface area contributed by atoms with Gasteiger partial charge in [-0.2, -0.15) is 0 Å². The molecule has 7 heteroatoms. The van der Waals surface area contributed by atoms with Crippen molar-refractivity contribution in [2.75, 3.05) is 44.7 Å². The molecule has 1 fully saturated rings. The quantitative estimate of drug-likeness (QED) is 0.177. The van der Waals surface area contributed by atoms with E-state index in [9.17, 15) is 5.11 Å². The molecule has 0 aliphatic carbocycles. The molecule has 182 valence electrons. The first-order valence-corrected chi connectivity index (χ1v) is 11.9. The van der Waals surface area contributed by atoms with Crippen LogP contribution >= 0.6 is 24.0 Å². The highest BCUT2D eigenvalue weighted by Crippen LogP contribution is 2.15. The zero-order chi connectivity index (χ0) is 22.6. The summed E-state index contributed by atoms with van der Waals surface area (Å²) in [6.45, 7) is 8.77. The standard InChI is InChI=1S/C26H39N5O.HI/c1-3-31(24-8-5-4-6-9-24)17-7-16-28-26(27-2)29-20-22-10-12-23(13-11-22)21-30-18-14-25(32)15-19-30;/h4-6,8-13,25,32H,3,7,14-21H2,1-2H3,(H2,27,28,29);1H. The molecule has 3 N–H and O–H groups in total. The Hall–Kier alpha value is -1.84. The molecule has 6 nitrogen and oxygen atoms in total. The summed E-state index contributed by atoms with van der Waals surface area (Å²) < 4.78 is 0. The van der Waals surface area contributed by atoms with Gasteiger partial charge in [0.1, 0.15) is 0 Å². The number of nitrogens with one attached hydrogen (secondary N) is 2. The summed E-state index contributed by atoms with van der Waals surface area (Å²) in [6, 6.07) is 19.4. The molecule has 0 bridgehead atoms. The van der Waals surface area contributed by atoms with Gasteiger partial charge in [0.25, 0.3) is 0 Å². The van der Waals surface area contributed by atoms with Gasteiger partial charge in [-0.3, -0.25) is 9.89 Å². The van der Waals surface area contributed by atoms with Crippen LogP contribution in [-0.4, -0.2) is 61.8 Å². The minimum absolute atomic E-state index is 0. The highest BCUT2D eigenvalue weighted by Gasteiger charge is 2.16. The van der Waals surface area contributed by atoms with Crippen LogP contribution in [0.15, 0.2) is 59.6 Å². The Morgan fingerprint density at radius 1 is 1.03 bits per heavy atom. The predicted molar refractivity (Wildman–Crippen MR) is 150 cm³/mol. The number of hydrogen-bond donors (Lipinski definition) is 3. The molecule has 0 unspecified atom stereocenters. The number of hydrogen-bond acceptors (Lipinski definition) is 4. The molecule has 0 saturated carbocycles. The monoisotopic (exact) mass is 565 g/mol. The third-order valence-corrected chi connectivity index (χ3v) is 6.07. The maximum absolute atomic E-state index is 9.65. The van der Waals surface area contributed by atoms with Crippen molar-refractivity contribution >= 4 is 35.6 Å². The van der Waals surface area contributed by atoms with E-state index in [0.717, 1.165) is 71.0 Å². The van der Waals surface area contributed by atoms with E-state index in [-0.39, 0.29) is 30.1 Å². The number of anilines is 1. The Morgan fingerprint density at radius 2 is 1.70 bits per heavy atom. The van der Waals surface area contributed by atoms with Crippen molar-refractivity contribution in [3.8, 4) is 0 Å². The molecular formula is C26H40IN5O. The molecule has 1 saturated heterocycles. The van der Waals surface area contributed by atoms with E-state index in [0.29, 0.717) is 0 Å². The lowest BCUT2D eigenvalue weighted by Crippen LogP contribution is -2.38. The van der Waals surface area contributed by atoms with E-state index in [1.807, 2.05) is 7.05 Å². The molecule has 2 aromatic carbocycles. The van der Waals surface area contributed by atoms with E-state index < -0.39 is 0 Å². The number of guanidine groups is 1. The largest absolute Gasteiger partial charge is 0.393 e.